The van der Waals surface area contributed by atoms with Crippen molar-refractivity contribution in [3.05, 3.63) is 65.6 Å². The number of nitrogens with zero attached hydrogens (tertiary/aromatic N) is 1. The van der Waals surface area contributed by atoms with Crippen LogP contribution in [0.2, 0.25) is 0 Å². The van der Waals surface area contributed by atoms with E-state index < -0.39 is 5.91 Å². The van der Waals surface area contributed by atoms with Gasteiger partial charge in [-0.3, -0.25) is 4.79 Å². The molecule has 0 spiro atoms. The van der Waals surface area contributed by atoms with Crippen molar-refractivity contribution in [1.82, 2.24) is 5.32 Å². The van der Waals surface area contributed by atoms with Crippen molar-refractivity contribution in [2.45, 2.75) is 20.4 Å². The first kappa shape index (κ1) is 19.6. The number of benzene rings is 1. The predicted octanol–water partition coefficient (Wildman–Crippen LogP) is 3.50. The van der Waals surface area contributed by atoms with Gasteiger partial charge in [-0.25, -0.2) is 0 Å². The molecule has 130 valence electrons. The van der Waals surface area contributed by atoms with E-state index in [2.05, 4.69) is 5.32 Å². The maximum atomic E-state index is 11.9. The Morgan fingerprint density at radius 3 is 2.64 bits per heavy atom. The van der Waals surface area contributed by atoms with E-state index in [0.29, 0.717) is 11.3 Å². The summed E-state index contributed by atoms with van der Waals surface area (Å²) in [6.45, 7) is 4.12. The van der Waals surface area contributed by atoms with Crippen molar-refractivity contribution in [2.75, 3.05) is 0 Å². The molecule has 0 unspecified atom stereocenters. The van der Waals surface area contributed by atoms with Crippen LogP contribution in [0.25, 0.3) is 6.08 Å². The quantitative estimate of drug-likeness (QED) is 0.334. The molecular weight excluding hydrogens is 320 g/mol. The average Bonchev–Trinajstić information content (AvgIpc) is 3.14. The monoisotopic (exact) mass is 340 g/mol. The Bertz CT molecular complexity index is 784. The lowest BCUT2D eigenvalue weighted by atomic mass is 10.2. The van der Waals surface area contributed by atoms with Gasteiger partial charge in [-0.2, -0.15) is 5.26 Å². The number of rotatable bonds is 5. The molecule has 1 heterocycles. The van der Waals surface area contributed by atoms with Gasteiger partial charge in [-0.15, -0.1) is 0 Å². The molecule has 1 amide bonds. The molecule has 0 aliphatic rings. The van der Waals surface area contributed by atoms with E-state index in [1.165, 1.54) is 24.5 Å². The van der Waals surface area contributed by atoms with Gasteiger partial charge < -0.3 is 19.9 Å². The highest BCUT2D eigenvalue weighted by atomic mass is 16.3. The lowest BCUT2D eigenvalue weighted by Gasteiger charge is -2.05. The number of amides is 1. The molecule has 2 aromatic rings. The molecule has 6 heteroatoms. The molecule has 0 saturated carbocycles. The van der Waals surface area contributed by atoms with E-state index in [9.17, 15) is 15.0 Å². The summed E-state index contributed by atoms with van der Waals surface area (Å²) >= 11 is 0. The molecule has 1 aromatic heterocycles. The number of aromatic hydroxyl groups is 2. The molecule has 6 nitrogen and oxygen atoms in total. The number of allylic oxidation sites excluding steroid dienone is 2. The minimum absolute atomic E-state index is 0.0594. The smallest absolute Gasteiger partial charge is 0.262 e. The van der Waals surface area contributed by atoms with Crippen LogP contribution in [0, 0.1) is 11.3 Å². The summed E-state index contributed by atoms with van der Waals surface area (Å²) in [5, 5.41) is 30.2. The molecule has 1 aromatic carbocycles. The molecular formula is C19H20N2O4. The van der Waals surface area contributed by atoms with Crippen LogP contribution in [-0.2, 0) is 11.3 Å². The minimum atomic E-state index is -0.538. The number of hydrogen-bond acceptors (Lipinski definition) is 5. The van der Waals surface area contributed by atoms with Crippen molar-refractivity contribution < 1.29 is 19.4 Å². The highest BCUT2D eigenvalue weighted by molar-refractivity contribution is 5.97. The van der Waals surface area contributed by atoms with Gasteiger partial charge in [0.25, 0.3) is 5.91 Å². The van der Waals surface area contributed by atoms with Gasteiger partial charge in [0.05, 0.1) is 6.26 Å². The fourth-order valence-electron chi connectivity index (χ4n) is 1.75. The van der Waals surface area contributed by atoms with Gasteiger partial charge in [0.15, 0.2) is 11.5 Å². The normalized spacial score (nSPS) is 10.7. The molecule has 0 aliphatic heterocycles. The van der Waals surface area contributed by atoms with Crippen LogP contribution < -0.4 is 5.32 Å². The molecule has 0 fully saturated rings. The van der Waals surface area contributed by atoms with E-state index in [1.54, 1.807) is 30.4 Å². The fraction of sp³-hybridized carbons (Fsp3) is 0.158. The second-order valence-corrected chi connectivity index (χ2v) is 4.57. The van der Waals surface area contributed by atoms with Crippen molar-refractivity contribution in [1.29, 1.82) is 5.26 Å². The van der Waals surface area contributed by atoms with E-state index in [4.69, 9.17) is 9.68 Å². The van der Waals surface area contributed by atoms with Crippen LogP contribution in [0.3, 0.4) is 0 Å². The summed E-state index contributed by atoms with van der Waals surface area (Å²) in [5.41, 5.74) is 0.535. The van der Waals surface area contributed by atoms with Crippen LogP contribution in [-0.4, -0.2) is 16.1 Å². The number of nitrogens with one attached hydrogen (secondary N) is 1. The van der Waals surface area contributed by atoms with Gasteiger partial charge >= 0.3 is 0 Å². The predicted molar refractivity (Wildman–Crippen MR) is 94.4 cm³/mol. The Morgan fingerprint density at radius 2 is 2.04 bits per heavy atom. The van der Waals surface area contributed by atoms with E-state index in [-0.39, 0.29) is 23.6 Å². The van der Waals surface area contributed by atoms with Gasteiger partial charge in [0.1, 0.15) is 17.4 Å². The van der Waals surface area contributed by atoms with Crippen LogP contribution >= 0.6 is 0 Å². The zero-order chi connectivity index (χ0) is 18.7. The lowest BCUT2D eigenvalue weighted by Crippen LogP contribution is -2.23. The van der Waals surface area contributed by atoms with Crippen molar-refractivity contribution in [2.24, 2.45) is 0 Å². The van der Waals surface area contributed by atoms with Gasteiger partial charge in [0.2, 0.25) is 0 Å². The first-order valence-electron chi connectivity index (χ1n) is 7.71. The van der Waals surface area contributed by atoms with E-state index >= 15 is 0 Å². The number of carbonyl (C=O) groups excluding carboxylic acids is 1. The van der Waals surface area contributed by atoms with Crippen molar-refractivity contribution >= 4 is 12.0 Å². The molecule has 3 N–H and O–H groups in total. The SMILES string of the molecule is CC.N#C/C(=C\C=C\c1ccco1)C(=O)NCc1ccc(O)c(O)c1. The first-order valence-corrected chi connectivity index (χ1v) is 7.71. The minimum Gasteiger partial charge on any atom is -0.504 e. The molecule has 25 heavy (non-hydrogen) atoms. The highest BCUT2D eigenvalue weighted by Crippen LogP contribution is 2.24. The van der Waals surface area contributed by atoms with Gasteiger partial charge in [0, 0.05) is 6.54 Å². The van der Waals surface area contributed by atoms with Gasteiger partial charge in [-0.05, 0) is 42.0 Å². The maximum Gasteiger partial charge on any atom is 0.262 e. The summed E-state index contributed by atoms with van der Waals surface area (Å²) < 4.78 is 5.09. The topological polar surface area (TPSA) is 106 Å². The van der Waals surface area contributed by atoms with Crippen LogP contribution in [0.5, 0.6) is 11.5 Å². The van der Waals surface area contributed by atoms with Crippen LogP contribution in [0.1, 0.15) is 25.2 Å². The van der Waals surface area contributed by atoms with Crippen molar-refractivity contribution in [3.8, 4) is 17.6 Å². The summed E-state index contributed by atoms with van der Waals surface area (Å²) in [5.74, 6) is -0.433. The van der Waals surface area contributed by atoms with Crippen LogP contribution in [0.4, 0.5) is 0 Å². The number of phenolic OH excluding ortho intramolecular Hbond substituents is 2. The average molecular weight is 340 g/mol. The first-order chi connectivity index (χ1) is 12.1. The number of nitriles is 1. The Hall–Kier alpha value is -3.46. The standard InChI is InChI=1S/C17H14N2O4.C2H6/c18-10-13(3-1-4-14-5-2-8-23-14)17(22)19-11-12-6-7-15(20)16(21)9-12;1-2/h1-9,20-21H,11H2,(H,19,22);1-2H3/b4-1+,13-3+;. The summed E-state index contributed by atoms with van der Waals surface area (Å²) in [4.78, 5) is 11.9. The third kappa shape index (κ3) is 6.28. The summed E-state index contributed by atoms with van der Waals surface area (Å²) in [6.07, 6.45) is 6.08. The largest absolute Gasteiger partial charge is 0.504 e. The number of carbonyl (C=O) groups is 1. The summed E-state index contributed by atoms with van der Waals surface area (Å²) in [6, 6.07) is 9.51. The third-order valence-corrected chi connectivity index (χ3v) is 2.92. The zero-order valence-electron chi connectivity index (χ0n) is 14.1. The van der Waals surface area contributed by atoms with Gasteiger partial charge in [-0.1, -0.05) is 26.0 Å². The Morgan fingerprint density at radius 1 is 1.28 bits per heavy atom. The summed E-state index contributed by atoms with van der Waals surface area (Å²) in [7, 11) is 0. The van der Waals surface area contributed by atoms with Crippen LogP contribution in [0.15, 0.2) is 58.7 Å². The fourth-order valence-corrected chi connectivity index (χ4v) is 1.75. The molecule has 0 bridgehead atoms. The third-order valence-electron chi connectivity index (χ3n) is 2.92. The molecule has 0 radical (unpaired) electrons. The zero-order valence-corrected chi connectivity index (χ0v) is 14.1. The molecule has 0 atom stereocenters. The Labute approximate surface area is 146 Å². The van der Waals surface area contributed by atoms with E-state index in [0.717, 1.165) is 0 Å². The molecule has 0 aliphatic carbocycles. The number of furan rings is 1. The number of hydrogen-bond donors (Lipinski definition) is 3. The Balaban J connectivity index is 0.00000151. The lowest BCUT2D eigenvalue weighted by molar-refractivity contribution is -0.117. The molecule has 0 saturated heterocycles. The van der Waals surface area contributed by atoms with E-state index in [1.807, 2.05) is 19.9 Å². The number of phenols is 2. The Kier molecular flexibility index (Phi) is 8.10. The highest BCUT2D eigenvalue weighted by Gasteiger charge is 2.08. The van der Waals surface area contributed by atoms with Crippen molar-refractivity contribution in [3.63, 3.8) is 0 Å². The maximum absolute atomic E-state index is 11.9. The second kappa shape index (κ2) is 10.3. The second-order valence-electron chi connectivity index (χ2n) is 4.57. The molecule has 2 rings (SSSR count).